The molecule has 112 valence electrons. The smallest absolute Gasteiger partial charge is 0.241 e. The van der Waals surface area contributed by atoms with Gasteiger partial charge in [0.15, 0.2) is 0 Å². The third kappa shape index (κ3) is 3.77. The third-order valence-electron chi connectivity index (χ3n) is 2.90. The molecule has 2 aromatic rings. The Balaban J connectivity index is 2.28. The van der Waals surface area contributed by atoms with Gasteiger partial charge in [-0.25, -0.2) is 22.3 Å². The monoisotopic (exact) mass is 313 g/mol. The molecule has 0 saturated heterocycles. The van der Waals surface area contributed by atoms with Gasteiger partial charge in [0.2, 0.25) is 10.0 Å². The van der Waals surface area contributed by atoms with Crippen molar-refractivity contribution in [2.24, 2.45) is 5.14 Å². The highest BCUT2D eigenvalue weighted by molar-refractivity contribution is 7.89. The van der Waals surface area contributed by atoms with Gasteiger partial charge in [-0.15, -0.1) is 0 Å². The lowest BCUT2D eigenvalue weighted by Gasteiger charge is -2.12. The van der Waals surface area contributed by atoms with Crippen LogP contribution in [0.25, 0.3) is 0 Å². The number of aryl methyl sites for hydroxylation is 1. The summed E-state index contributed by atoms with van der Waals surface area (Å²) in [5, 5.41) is 5.02. The lowest BCUT2D eigenvalue weighted by molar-refractivity contribution is 0.296. The Hall–Kier alpha value is -1.99. The molecule has 0 atom stereocenters. The van der Waals surface area contributed by atoms with Crippen LogP contribution in [0, 0.1) is 18.6 Å². The highest BCUT2D eigenvalue weighted by Crippen LogP contribution is 2.25. The summed E-state index contributed by atoms with van der Waals surface area (Å²) in [5.41, 5.74) is 1.34. The van der Waals surface area contributed by atoms with Crippen molar-refractivity contribution in [3.8, 4) is 5.75 Å². The fourth-order valence-corrected chi connectivity index (χ4v) is 2.48. The third-order valence-corrected chi connectivity index (χ3v) is 3.83. The van der Waals surface area contributed by atoms with Crippen molar-refractivity contribution in [2.45, 2.75) is 18.4 Å². The minimum Gasteiger partial charge on any atom is -0.487 e. The van der Waals surface area contributed by atoms with Crippen molar-refractivity contribution < 1.29 is 21.9 Å². The molecule has 21 heavy (non-hydrogen) atoms. The van der Waals surface area contributed by atoms with Gasteiger partial charge in [0.1, 0.15) is 28.9 Å². The average Bonchev–Trinajstić information content (AvgIpc) is 2.38. The maximum atomic E-state index is 13.1. The van der Waals surface area contributed by atoms with Crippen molar-refractivity contribution >= 4 is 10.0 Å². The number of hydrogen-bond acceptors (Lipinski definition) is 3. The Morgan fingerprint density at radius 2 is 1.71 bits per heavy atom. The molecule has 0 amide bonds. The molecule has 0 bridgehead atoms. The van der Waals surface area contributed by atoms with E-state index in [1.54, 1.807) is 6.92 Å². The van der Waals surface area contributed by atoms with Crippen LogP contribution in [0.1, 0.15) is 11.1 Å². The van der Waals surface area contributed by atoms with E-state index < -0.39 is 20.7 Å². The van der Waals surface area contributed by atoms with Crippen LogP contribution in [0.15, 0.2) is 41.3 Å². The molecule has 4 nitrogen and oxygen atoms in total. The summed E-state index contributed by atoms with van der Waals surface area (Å²) in [4.78, 5) is -0.428. The lowest BCUT2D eigenvalue weighted by Crippen LogP contribution is -2.14. The number of benzene rings is 2. The lowest BCUT2D eigenvalue weighted by atomic mass is 10.1. The van der Waals surface area contributed by atoms with Crippen LogP contribution in [-0.2, 0) is 16.6 Å². The zero-order chi connectivity index (χ0) is 15.6. The van der Waals surface area contributed by atoms with Gasteiger partial charge in [-0.3, -0.25) is 0 Å². The molecular weight excluding hydrogens is 300 g/mol. The number of halogens is 2. The zero-order valence-electron chi connectivity index (χ0n) is 11.1. The van der Waals surface area contributed by atoms with Crippen LogP contribution in [0.3, 0.4) is 0 Å². The molecule has 0 aliphatic rings. The Bertz CT molecular complexity index is 776. The van der Waals surface area contributed by atoms with Gasteiger partial charge in [-0.1, -0.05) is 6.07 Å². The van der Waals surface area contributed by atoms with E-state index >= 15 is 0 Å². The number of ether oxygens (including phenoxy) is 1. The second-order valence-corrected chi connectivity index (χ2v) is 6.03. The first-order valence-electron chi connectivity index (χ1n) is 5.97. The summed E-state index contributed by atoms with van der Waals surface area (Å²) in [6, 6.07) is 7.20. The van der Waals surface area contributed by atoms with Crippen LogP contribution >= 0.6 is 0 Å². The molecule has 0 spiro atoms. The van der Waals surface area contributed by atoms with Gasteiger partial charge in [0.25, 0.3) is 0 Å². The van der Waals surface area contributed by atoms with E-state index in [0.717, 1.165) is 12.1 Å². The molecular formula is C14H13F2NO3S. The van der Waals surface area contributed by atoms with E-state index in [4.69, 9.17) is 9.88 Å². The normalized spacial score (nSPS) is 11.4. The quantitative estimate of drug-likeness (QED) is 0.943. The fourth-order valence-electron chi connectivity index (χ4n) is 1.80. The van der Waals surface area contributed by atoms with E-state index in [9.17, 15) is 17.2 Å². The molecule has 0 aromatic heterocycles. The first kappa shape index (κ1) is 15.4. The summed E-state index contributed by atoms with van der Waals surface area (Å²) in [6.07, 6.45) is 0. The number of rotatable bonds is 4. The van der Waals surface area contributed by atoms with E-state index in [0.29, 0.717) is 11.1 Å². The van der Waals surface area contributed by atoms with Crippen LogP contribution in [0.5, 0.6) is 5.75 Å². The molecule has 2 N–H and O–H groups in total. The second-order valence-electron chi connectivity index (χ2n) is 4.50. The molecule has 0 fully saturated rings. The van der Waals surface area contributed by atoms with Gasteiger partial charge in [0, 0.05) is 0 Å². The molecule has 0 radical (unpaired) electrons. The maximum Gasteiger partial charge on any atom is 0.241 e. The summed E-state index contributed by atoms with van der Waals surface area (Å²) < 4.78 is 54.3. The Kier molecular flexibility index (Phi) is 4.24. The summed E-state index contributed by atoms with van der Waals surface area (Å²) in [5.74, 6) is -1.16. The largest absolute Gasteiger partial charge is 0.487 e. The predicted octanol–water partition coefficient (Wildman–Crippen LogP) is 2.50. The maximum absolute atomic E-state index is 13.1. The first-order chi connectivity index (χ1) is 9.77. The number of primary sulfonamides is 1. The van der Waals surface area contributed by atoms with Crippen LogP contribution in [0.4, 0.5) is 8.78 Å². The Labute approximate surface area is 121 Å². The minimum absolute atomic E-state index is 0.0142. The van der Waals surface area contributed by atoms with Gasteiger partial charge in [0.05, 0.1) is 0 Å². The number of nitrogens with two attached hydrogens (primary N) is 1. The molecule has 0 saturated carbocycles. The van der Waals surface area contributed by atoms with Gasteiger partial charge < -0.3 is 4.74 Å². The van der Waals surface area contributed by atoms with Crippen molar-refractivity contribution in [2.75, 3.05) is 0 Å². The topological polar surface area (TPSA) is 69.4 Å². The van der Waals surface area contributed by atoms with Crippen LogP contribution < -0.4 is 9.88 Å². The number of hydrogen-bond donors (Lipinski definition) is 1. The Morgan fingerprint density at radius 3 is 2.33 bits per heavy atom. The standard InChI is InChI=1S/C14H13F2NO3S/c1-9-6-11(15)3-2-10(9)8-20-13-5-4-12(16)7-14(13)21(17,18)19/h2-7H,8H2,1H3,(H2,17,18,19). The SMILES string of the molecule is Cc1cc(F)ccc1COc1ccc(F)cc1S(N)(=O)=O. The highest BCUT2D eigenvalue weighted by atomic mass is 32.2. The molecule has 0 aliphatic heterocycles. The van der Waals surface area contributed by atoms with Crippen LogP contribution in [0.2, 0.25) is 0 Å². The minimum atomic E-state index is -4.10. The van der Waals surface area contributed by atoms with Gasteiger partial charge in [-0.05, 0) is 48.4 Å². The van der Waals surface area contributed by atoms with Crippen molar-refractivity contribution in [3.63, 3.8) is 0 Å². The molecule has 0 aliphatic carbocycles. The molecule has 2 rings (SSSR count). The van der Waals surface area contributed by atoms with E-state index in [1.165, 1.54) is 24.3 Å². The van der Waals surface area contributed by atoms with E-state index in [2.05, 4.69) is 0 Å². The van der Waals surface area contributed by atoms with Crippen molar-refractivity contribution in [1.29, 1.82) is 0 Å². The summed E-state index contributed by atoms with van der Waals surface area (Å²) in [7, 11) is -4.10. The fraction of sp³-hybridized carbons (Fsp3) is 0.143. The van der Waals surface area contributed by atoms with Gasteiger partial charge in [-0.2, -0.15) is 0 Å². The van der Waals surface area contributed by atoms with Crippen LogP contribution in [-0.4, -0.2) is 8.42 Å². The molecule has 7 heteroatoms. The predicted molar refractivity (Wildman–Crippen MR) is 73.2 cm³/mol. The molecule has 2 aromatic carbocycles. The number of sulfonamides is 1. The molecule has 0 unspecified atom stereocenters. The summed E-state index contributed by atoms with van der Waals surface area (Å²) in [6.45, 7) is 1.72. The van der Waals surface area contributed by atoms with E-state index in [1.807, 2.05) is 0 Å². The van der Waals surface area contributed by atoms with Gasteiger partial charge >= 0.3 is 0 Å². The zero-order valence-corrected chi connectivity index (χ0v) is 12.0. The molecule has 0 heterocycles. The van der Waals surface area contributed by atoms with Crippen molar-refractivity contribution in [3.05, 3.63) is 59.2 Å². The highest BCUT2D eigenvalue weighted by Gasteiger charge is 2.16. The van der Waals surface area contributed by atoms with E-state index in [-0.39, 0.29) is 18.2 Å². The van der Waals surface area contributed by atoms with Crippen molar-refractivity contribution in [1.82, 2.24) is 0 Å². The first-order valence-corrected chi connectivity index (χ1v) is 7.52. The summed E-state index contributed by atoms with van der Waals surface area (Å²) >= 11 is 0. The second kappa shape index (κ2) is 5.79. The Morgan fingerprint density at radius 1 is 1.10 bits per heavy atom. The average molecular weight is 313 g/mol.